The maximum absolute atomic E-state index is 13.7. The zero-order valence-electron chi connectivity index (χ0n) is 14.8. The highest BCUT2D eigenvalue weighted by atomic mass is 19.4. The van der Waals surface area contributed by atoms with Crippen molar-refractivity contribution in [3.05, 3.63) is 65.0 Å². The van der Waals surface area contributed by atoms with E-state index in [1.807, 2.05) is 6.07 Å². The van der Waals surface area contributed by atoms with E-state index in [-0.39, 0.29) is 17.9 Å². The molecule has 0 atom stereocenters. The van der Waals surface area contributed by atoms with Gasteiger partial charge in [-0.05, 0) is 29.8 Å². The predicted molar refractivity (Wildman–Crippen MR) is 95.1 cm³/mol. The van der Waals surface area contributed by atoms with E-state index < -0.39 is 17.6 Å². The summed E-state index contributed by atoms with van der Waals surface area (Å²) in [4.78, 5) is 15.8. The number of hydrogen-bond acceptors (Lipinski definition) is 3. The molecule has 1 fully saturated rings. The average Bonchev–Trinajstić information content (AvgIpc) is 2.68. The molecule has 1 aliphatic heterocycles. The van der Waals surface area contributed by atoms with Gasteiger partial charge in [0.15, 0.2) is 0 Å². The number of anilines is 1. The van der Waals surface area contributed by atoms with E-state index in [0.29, 0.717) is 37.4 Å². The molecular formula is C20H17F4N3O. The van der Waals surface area contributed by atoms with Crippen LogP contribution in [0.15, 0.2) is 42.5 Å². The number of piperazine rings is 1. The number of rotatable bonds is 3. The first-order valence-electron chi connectivity index (χ1n) is 8.67. The molecule has 0 unspecified atom stereocenters. The highest BCUT2D eigenvalue weighted by Gasteiger charge is 2.32. The summed E-state index contributed by atoms with van der Waals surface area (Å²) in [6.45, 7) is 1.45. The van der Waals surface area contributed by atoms with Crippen LogP contribution in [0.1, 0.15) is 16.7 Å². The lowest BCUT2D eigenvalue weighted by Gasteiger charge is -2.36. The average molecular weight is 391 g/mol. The molecular weight excluding hydrogens is 374 g/mol. The van der Waals surface area contributed by atoms with Crippen molar-refractivity contribution in [2.24, 2.45) is 0 Å². The second kappa shape index (κ2) is 7.89. The van der Waals surface area contributed by atoms with Crippen molar-refractivity contribution >= 4 is 11.6 Å². The van der Waals surface area contributed by atoms with Crippen LogP contribution in [0, 0.1) is 17.1 Å². The molecule has 0 radical (unpaired) electrons. The van der Waals surface area contributed by atoms with Crippen LogP contribution >= 0.6 is 0 Å². The normalized spacial score (nSPS) is 14.7. The molecule has 28 heavy (non-hydrogen) atoms. The van der Waals surface area contributed by atoms with E-state index in [1.165, 1.54) is 12.1 Å². The fraction of sp³-hybridized carbons (Fsp3) is 0.300. The summed E-state index contributed by atoms with van der Waals surface area (Å²) in [5, 5.41) is 9.23. The molecule has 0 N–H and O–H groups in total. The Balaban J connectivity index is 1.66. The molecule has 0 aliphatic carbocycles. The van der Waals surface area contributed by atoms with E-state index in [0.717, 1.165) is 12.1 Å². The van der Waals surface area contributed by atoms with Gasteiger partial charge in [-0.25, -0.2) is 4.39 Å². The number of alkyl halides is 3. The van der Waals surface area contributed by atoms with Crippen molar-refractivity contribution in [1.29, 1.82) is 5.26 Å². The number of hydrogen-bond donors (Lipinski definition) is 0. The molecule has 8 heteroatoms. The van der Waals surface area contributed by atoms with Crippen molar-refractivity contribution in [1.82, 2.24) is 4.90 Å². The summed E-state index contributed by atoms with van der Waals surface area (Å²) in [6, 6.07) is 11.0. The minimum absolute atomic E-state index is 0.0452. The largest absolute Gasteiger partial charge is 0.416 e. The fourth-order valence-corrected chi connectivity index (χ4v) is 3.19. The van der Waals surface area contributed by atoms with Crippen LogP contribution in [0.3, 0.4) is 0 Å². The summed E-state index contributed by atoms with van der Waals surface area (Å²) in [5.74, 6) is -0.643. The van der Waals surface area contributed by atoms with E-state index in [9.17, 15) is 27.6 Å². The Bertz CT molecular complexity index is 912. The predicted octanol–water partition coefficient (Wildman–Crippen LogP) is 3.61. The summed E-state index contributed by atoms with van der Waals surface area (Å²) >= 11 is 0. The van der Waals surface area contributed by atoms with Gasteiger partial charge in [0.05, 0.1) is 23.2 Å². The Hall–Kier alpha value is -3.08. The summed E-state index contributed by atoms with van der Waals surface area (Å²) < 4.78 is 52.2. The van der Waals surface area contributed by atoms with Gasteiger partial charge >= 0.3 is 6.18 Å². The number of amides is 1. The molecule has 2 aromatic carbocycles. The monoisotopic (exact) mass is 391 g/mol. The van der Waals surface area contributed by atoms with E-state index in [4.69, 9.17) is 0 Å². The van der Waals surface area contributed by atoms with Crippen LogP contribution in [0.2, 0.25) is 0 Å². The minimum Gasteiger partial charge on any atom is -0.367 e. The summed E-state index contributed by atoms with van der Waals surface area (Å²) in [5.41, 5.74) is -0.186. The molecule has 1 saturated heterocycles. The van der Waals surface area contributed by atoms with E-state index in [2.05, 4.69) is 0 Å². The molecule has 0 spiro atoms. The Labute approximate surface area is 159 Å². The molecule has 1 amide bonds. The molecule has 3 rings (SSSR count). The van der Waals surface area contributed by atoms with Crippen molar-refractivity contribution in [2.75, 3.05) is 31.1 Å². The number of halogens is 4. The minimum atomic E-state index is -4.51. The van der Waals surface area contributed by atoms with Gasteiger partial charge in [0.1, 0.15) is 11.9 Å². The Morgan fingerprint density at radius 3 is 2.36 bits per heavy atom. The quantitative estimate of drug-likeness (QED) is 0.751. The number of nitriles is 1. The second-order valence-corrected chi connectivity index (χ2v) is 6.48. The fourth-order valence-electron chi connectivity index (χ4n) is 3.19. The molecule has 4 nitrogen and oxygen atoms in total. The SMILES string of the molecule is N#Cc1cc(C(F)(F)F)ccc1N1CCN(C(=O)Cc2ccccc2F)CC1. The lowest BCUT2D eigenvalue weighted by Crippen LogP contribution is -2.49. The second-order valence-electron chi connectivity index (χ2n) is 6.48. The van der Waals surface area contributed by atoms with Crippen LogP contribution in [0.5, 0.6) is 0 Å². The van der Waals surface area contributed by atoms with E-state index >= 15 is 0 Å². The zero-order valence-corrected chi connectivity index (χ0v) is 14.8. The smallest absolute Gasteiger partial charge is 0.367 e. The summed E-state index contributed by atoms with van der Waals surface area (Å²) in [6.07, 6.45) is -4.56. The third-order valence-corrected chi connectivity index (χ3v) is 4.72. The Kier molecular flexibility index (Phi) is 5.54. The number of benzene rings is 2. The number of carbonyl (C=O) groups excluding carboxylic acids is 1. The van der Waals surface area contributed by atoms with Gasteiger partial charge < -0.3 is 9.80 Å². The lowest BCUT2D eigenvalue weighted by molar-refractivity contribution is -0.137. The molecule has 2 aromatic rings. The molecule has 0 bridgehead atoms. The molecule has 0 saturated carbocycles. The van der Waals surface area contributed by atoms with Gasteiger partial charge in [-0.3, -0.25) is 4.79 Å². The van der Waals surface area contributed by atoms with Gasteiger partial charge in [-0.15, -0.1) is 0 Å². The maximum Gasteiger partial charge on any atom is 0.416 e. The van der Waals surface area contributed by atoms with E-state index in [1.54, 1.807) is 28.0 Å². The molecule has 146 valence electrons. The third kappa shape index (κ3) is 4.25. The number of carbonyl (C=O) groups is 1. The van der Waals surface area contributed by atoms with Crippen LogP contribution < -0.4 is 4.90 Å². The van der Waals surface area contributed by atoms with Crippen molar-refractivity contribution in [3.8, 4) is 6.07 Å². The first-order chi connectivity index (χ1) is 13.3. The molecule has 0 aromatic heterocycles. The van der Waals surface area contributed by atoms with Gasteiger partial charge in [-0.1, -0.05) is 18.2 Å². The van der Waals surface area contributed by atoms with Crippen LogP contribution in [0.4, 0.5) is 23.2 Å². The topological polar surface area (TPSA) is 47.3 Å². The maximum atomic E-state index is 13.7. The standard InChI is InChI=1S/C20H17F4N3O/c21-17-4-2-1-3-14(17)12-19(28)27-9-7-26(8-10-27)18-6-5-16(20(22,23)24)11-15(18)13-25/h1-6,11H,7-10,12H2. The molecule has 1 aliphatic rings. The highest BCUT2D eigenvalue weighted by Crippen LogP contribution is 2.33. The van der Waals surface area contributed by atoms with Gasteiger partial charge in [-0.2, -0.15) is 18.4 Å². The van der Waals surface area contributed by atoms with Crippen molar-refractivity contribution < 1.29 is 22.4 Å². The van der Waals surface area contributed by atoms with Crippen LogP contribution in [-0.2, 0) is 17.4 Å². The van der Waals surface area contributed by atoms with Crippen molar-refractivity contribution in [3.63, 3.8) is 0 Å². The Morgan fingerprint density at radius 2 is 1.75 bits per heavy atom. The lowest BCUT2D eigenvalue weighted by atomic mass is 10.1. The third-order valence-electron chi connectivity index (χ3n) is 4.72. The Morgan fingerprint density at radius 1 is 1.07 bits per heavy atom. The van der Waals surface area contributed by atoms with Crippen molar-refractivity contribution in [2.45, 2.75) is 12.6 Å². The highest BCUT2D eigenvalue weighted by molar-refractivity contribution is 5.79. The van der Waals surface area contributed by atoms with Gasteiger partial charge in [0.25, 0.3) is 0 Å². The van der Waals surface area contributed by atoms with Gasteiger partial charge in [0, 0.05) is 26.2 Å². The first-order valence-corrected chi connectivity index (χ1v) is 8.67. The van der Waals surface area contributed by atoms with Gasteiger partial charge in [0.2, 0.25) is 5.91 Å². The zero-order chi connectivity index (χ0) is 20.3. The van der Waals surface area contributed by atoms with Crippen LogP contribution in [0.25, 0.3) is 0 Å². The number of nitrogens with zero attached hydrogens (tertiary/aromatic N) is 3. The first kappa shape index (κ1) is 19.7. The van der Waals surface area contributed by atoms with Crippen LogP contribution in [-0.4, -0.2) is 37.0 Å². The summed E-state index contributed by atoms with van der Waals surface area (Å²) in [7, 11) is 0. The molecule has 1 heterocycles.